The van der Waals surface area contributed by atoms with Crippen LogP contribution in [0, 0.1) is 11.6 Å². The van der Waals surface area contributed by atoms with Crippen molar-refractivity contribution in [2.45, 2.75) is 24.9 Å². The van der Waals surface area contributed by atoms with Gasteiger partial charge in [-0.15, -0.1) is 0 Å². The lowest BCUT2D eigenvalue weighted by atomic mass is 10.0. The highest BCUT2D eigenvalue weighted by Crippen LogP contribution is 2.52. The summed E-state index contributed by atoms with van der Waals surface area (Å²) in [6.45, 7) is 0.360. The predicted octanol–water partition coefficient (Wildman–Crippen LogP) is 1.88. The molecule has 0 saturated heterocycles. The Balaban J connectivity index is 2.25. The fourth-order valence-electron chi connectivity index (χ4n) is 2.09. The molecular formula is C11H10F2O2. The van der Waals surface area contributed by atoms with Crippen molar-refractivity contribution >= 4 is 0 Å². The molecule has 0 bridgehead atoms. The van der Waals surface area contributed by atoms with E-state index in [4.69, 9.17) is 4.74 Å². The Labute approximate surface area is 85.5 Å². The van der Waals surface area contributed by atoms with E-state index in [2.05, 4.69) is 0 Å². The van der Waals surface area contributed by atoms with Crippen LogP contribution >= 0.6 is 0 Å². The molecule has 80 valence electrons. The maximum atomic E-state index is 13.6. The monoisotopic (exact) mass is 212 g/mol. The Morgan fingerprint density at radius 2 is 2.00 bits per heavy atom. The second-order valence-corrected chi connectivity index (χ2v) is 4.15. The van der Waals surface area contributed by atoms with E-state index >= 15 is 0 Å². The molecule has 1 saturated carbocycles. The molecule has 0 amide bonds. The van der Waals surface area contributed by atoms with E-state index < -0.39 is 17.2 Å². The fraction of sp³-hybridized carbons (Fsp3) is 0.455. The van der Waals surface area contributed by atoms with Gasteiger partial charge in [-0.25, -0.2) is 8.78 Å². The van der Waals surface area contributed by atoms with E-state index in [0.29, 0.717) is 31.4 Å². The quantitative estimate of drug-likeness (QED) is 0.770. The maximum Gasteiger partial charge on any atom is 0.135 e. The summed E-state index contributed by atoms with van der Waals surface area (Å²) in [4.78, 5) is 0. The normalized spacial score (nSPS) is 21.0. The number of ether oxygens (including phenoxy) is 1. The van der Waals surface area contributed by atoms with Crippen molar-refractivity contribution in [1.29, 1.82) is 0 Å². The molecule has 0 atom stereocenters. The molecule has 0 radical (unpaired) electrons. The number of hydrogen-bond donors (Lipinski definition) is 1. The van der Waals surface area contributed by atoms with Gasteiger partial charge in [0, 0.05) is 18.1 Å². The molecule has 1 aromatic carbocycles. The van der Waals surface area contributed by atoms with Gasteiger partial charge in [-0.1, -0.05) is 0 Å². The molecule has 1 N–H and O–H groups in total. The molecule has 0 aromatic heterocycles. The summed E-state index contributed by atoms with van der Waals surface area (Å²) in [5, 5.41) is 9.89. The van der Waals surface area contributed by atoms with E-state index in [1.165, 1.54) is 0 Å². The summed E-state index contributed by atoms with van der Waals surface area (Å²) in [7, 11) is 0. The first-order chi connectivity index (χ1) is 7.12. The van der Waals surface area contributed by atoms with Crippen LogP contribution in [0.4, 0.5) is 8.78 Å². The van der Waals surface area contributed by atoms with Crippen LogP contribution in [0.15, 0.2) is 6.07 Å². The first-order valence-electron chi connectivity index (χ1n) is 4.98. The number of benzene rings is 1. The molecule has 0 unspecified atom stereocenters. The molecule has 1 heterocycles. The third-order valence-electron chi connectivity index (χ3n) is 3.07. The molecule has 1 aliphatic carbocycles. The minimum Gasteiger partial charge on any atom is -0.492 e. The smallest absolute Gasteiger partial charge is 0.135 e. The van der Waals surface area contributed by atoms with Gasteiger partial charge < -0.3 is 9.84 Å². The SMILES string of the molecule is OC1(c2c(F)cc(F)c3c2OCC3)CC1. The molecule has 2 aliphatic rings. The van der Waals surface area contributed by atoms with Gasteiger partial charge in [0.1, 0.15) is 17.4 Å². The highest BCUT2D eigenvalue weighted by molar-refractivity contribution is 5.50. The molecule has 3 rings (SSSR count). The van der Waals surface area contributed by atoms with Crippen LogP contribution in [-0.4, -0.2) is 11.7 Å². The van der Waals surface area contributed by atoms with Gasteiger partial charge in [0.05, 0.1) is 17.8 Å². The minimum atomic E-state index is -1.12. The van der Waals surface area contributed by atoms with Crippen molar-refractivity contribution in [3.8, 4) is 5.75 Å². The number of rotatable bonds is 1. The van der Waals surface area contributed by atoms with Crippen LogP contribution in [0.3, 0.4) is 0 Å². The summed E-state index contributed by atoms with van der Waals surface area (Å²) in [6.07, 6.45) is 1.49. The predicted molar refractivity (Wildman–Crippen MR) is 48.7 cm³/mol. The molecule has 1 aromatic rings. The van der Waals surface area contributed by atoms with Crippen molar-refractivity contribution in [2.75, 3.05) is 6.61 Å². The number of hydrogen-bond acceptors (Lipinski definition) is 2. The van der Waals surface area contributed by atoms with Gasteiger partial charge in [-0.3, -0.25) is 0 Å². The highest BCUT2D eigenvalue weighted by Gasteiger charge is 2.48. The average molecular weight is 212 g/mol. The lowest BCUT2D eigenvalue weighted by Crippen LogP contribution is -2.10. The third-order valence-corrected chi connectivity index (χ3v) is 3.07. The maximum absolute atomic E-state index is 13.6. The zero-order valence-corrected chi connectivity index (χ0v) is 8.02. The first-order valence-corrected chi connectivity index (χ1v) is 4.98. The Hall–Kier alpha value is -1.16. The number of fused-ring (bicyclic) bond motifs is 1. The van der Waals surface area contributed by atoms with Crippen molar-refractivity contribution in [3.63, 3.8) is 0 Å². The van der Waals surface area contributed by atoms with Gasteiger partial charge in [0.2, 0.25) is 0 Å². The van der Waals surface area contributed by atoms with Gasteiger partial charge >= 0.3 is 0 Å². The molecule has 15 heavy (non-hydrogen) atoms. The summed E-state index contributed by atoms with van der Waals surface area (Å²) >= 11 is 0. The summed E-state index contributed by atoms with van der Waals surface area (Å²) in [5.41, 5.74) is -0.574. The fourth-order valence-corrected chi connectivity index (χ4v) is 2.09. The largest absolute Gasteiger partial charge is 0.492 e. The van der Waals surface area contributed by atoms with E-state index in [1.54, 1.807) is 0 Å². The van der Waals surface area contributed by atoms with Crippen molar-refractivity contribution in [2.24, 2.45) is 0 Å². The number of halogens is 2. The van der Waals surface area contributed by atoms with Gasteiger partial charge in [0.15, 0.2) is 0 Å². The summed E-state index contributed by atoms with van der Waals surface area (Å²) in [5.74, 6) is -1.05. The van der Waals surface area contributed by atoms with Crippen LogP contribution in [0.25, 0.3) is 0 Å². The number of aliphatic hydroxyl groups is 1. The van der Waals surface area contributed by atoms with Gasteiger partial charge in [-0.2, -0.15) is 0 Å². The lowest BCUT2D eigenvalue weighted by Gasteiger charge is -2.14. The topological polar surface area (TPSA) is 29.5 Å². The van der Waals surface area contributed by atoms with E-state index in [-0.39, 0.29) is 11.3 Å². The Morgan fingerprint density at radius 1 is 1.27 bits per heavy atom. The van der Waals surface area contributed by atoms with Gasteiger partial charge in [0.25, 0.3) is 0 Å². The van der Waals surface area contributed by atoms with E-state index in [9.17, 15) is 13.9 Å². The minimum absolute atomic E-state index is 0.149. The molecule has 2 nitrogen and oxygen atoms in total. The summed E-state index contributed by atoms with van der Waals surface area (Å²) < 4.78 is 32.1. The van der Waals surface area contributed by atoms with Crippen molar-refractivity contribution in [1.82, 2.24) is 0 Å². The summed E-state index contributed by atoms with van der Waals surface area (Å²) in [6, 6.07) is 0.846. The third kappa shape index (κ3) is 1.17. The van der Waals surface area contributed by atoms with Gasteiger partial charge in [-0.05, 0) is 12.8 Å². The molecule has 1 aliphatic heterocycles. The van der Waals surface area contributed by atoms with Crippen LogP contribution in [0.1, 0.15) is 24.0 Å². The second-order valence-electron chi connectivity index (χ2n) is 4.15. The first kappa shape index (κ1) is 9.09. The standard InChI is InChI=1S/C11H10F2O2/c12-7-5-8(13)9(11(14)2-3-11)10-6(7)1-4-15-10/h5,14H,1-4H2. The Kier molecular flexibility index (Phi) is 1.63. The molecule has 0 spiro atoms. The van der Waals surface area contributed by atoms with Crippen LogP contribution in [0.5, 0.6) is 5.75 Å². The average Bonchev–Trinajstić information content (AvgIpc) is 2.74. The van der Waals surface area contributed by atoms with Crippen LogP contribution < -0.4 is 4.74 Å². The Morgan fingerprint density at radius 3 is 2.67 bits per heavy atom. The van der Waals surface area contributed by atoms with Crippen molar-refractivity contribution < 1.29 is 18.6 Å². The zero-order chi connectivity index (χ0) is 10.6. The highest BCUT2D eigenvalue weighted by atomic mass is 19.1. The molecular weight excluding hydrogens is 202 g/mol. The van der Waals surface area contributed by atoms with E-state index in [1.807, 2.05) is 0 Å². The lowest BCUT2D eigenvalue weighted by molar-refractivity contribution is 0.142. The molecule has 4 heteroatoms. The van der Waals surface area contributed by atoms with Crippen LogP contribution in [0.2, 0.25) is 0 Å². The second kappa shape index (κ2) is 2.70. The van der Waals surface area contributed by atoms with Crippen LogP contribution in [-0.2, 0) is 12.0 Å². The Bertz CT molecular complexity index is 439. The van der Waals surface area contributed by atoms with E-state index in [0.717, 1.165) is 6.07 Å². The zero-order valence-electron chi connectivity index (χ0n) is 8.02. The van der Waals surface area contributed by atoms with Crippen molar-refractivity contribution in [3.05, 3.63) is 28.8 Å². The molecule has 1 fully saturated rings.